The van der Waals surface area contributed by atoms with Crippen molar-refractivity contribution in [1.29, 1.82) is 0 Å². The highest BCUT2D eigenvalue weighted by Gasteiger charge is 2.32. The van der Waals surface area contributed by atoms with Crippen LogP contribution in [0.4, 0.5) is 4.79 Å². The molecule has 4 N–H and O–H groups in total. The molecule has 1 aliphatic rings. The van der Waals surface area contributed by atoms with Crippen molar-refractivity contribution in [2.75, 3.05) is 18.8 Å². The zero-order chi connectivity index (χ0) is 13.0. The summed E-state index contributed by atoms with van der Waals surface area (Å²) >= 11 is 0.928. The molecule has 0 bridgehead atoms. The number of nitrogens with zero attached hydrogens (tertiary/aromatic N) is 1. The molecule has 1 rings (SSSR count). The molecule has 8 nitrogen and oxygen atoms in total. The van der Waals surface area contributed by atoms with Crippen LogP contribution in [-0.2, 0) is 14.4 Å². The summed E-state index contributed by atoms with van der Waals surface area (Å²) < 4.78 is 0. The zero-order valence-electron chi connectivity index (χ0n) is 8.71. The molecule has 0 saturated carbocycles. The molecule has 9 heteroatoms. The van der Waals surface area contributed by atoms with E-state index in [-0.39, 0.29) is 11.0 Å². The normalized spacial score (nSPS) is 18.6. The van der Waals surface area contributed by atoms with Crippen molar-refractivity contribution in [3.8, 4) is 0 Å². The SMILES string of the molecule is NC(=O)CN(CC(=O)O)C(=O)C1CSC(=O)N1. The second-order valence-corrected chi connectivity index (χ2v) is 4.34. The van der Waals surface area contributed by atoms with Gasteiger partial charge in [-0.2, -0.15) is 0 Å². The Balaban J connectivity index is 2.67. The summed E-state index contributed by atoms with van der Waals surface area (Å²) in [5, 5.41) is 10.6. The molecule has 0 aromatic carbocycles. The van der Waals surface area contributed by atoms with Crippen LogP contribution >= 0.6 is 11.8 Å². The number of thioether (sulfide) groups is 1. The molecule has 0 aromatic rings. The topological polar surface area (TPSA) is 130 Å². The van der Waals surface area contributed by atoms with Crippen LogP contribution in [-0.4, -0.2) is 57.9 Å². The molecule has 1 unspecified atom stereocenters. The van der Waals surface area contributed by atoms with E-state index in [9.17, 15) is 19.2 Å². The Morgan fingerprint density at radius 2 is 2.12 bits per heavy atom. The quantitative estimate of drug-likeness (QED) is 0.536. The molecule has 0 spiro atoms. The van der Waals surface area contributed by atoms with Crippen molar-refractivity contribution >= 4 is 34.8 Å². The number of carbonyl (C=O) groups excluding carboxylic acids is 3. The standard InChI is InChI=1S/C8H11N3O5S/c9-5(12)1-11(2-6(13)14)7(15)4-3-17-8(16)10-4/h4H,1-3H2,(H2,9,12)(H,10,16)(H,13,14). The van der Waals surface area contributed by atoms with Gasteiger partial charge in [-0.05, 0) is 0 Å². The van der Waals surface area contributed by atoms with Gasteiger partial charge in [0.05, 0.1) is 0 Å². The third-order valence-corrected chi connectivity index (χ3v) is 2.84. The molecule has 1 aliphatic heterocycles. The molecule has 1 heterocycles. The lowest BCUT2D eigenvalue weighted by Crippen LogP contribution is -2.50. The Kier molecular flexibility index (Phi) is 4.32. The molecule has 1 saturated heterocycles. The van der Waals surface area contributed by atoms with Gasteiger partial charge in [0.25, 0.3) is 5.24 Å². The van der Waals surface area contributed by atoms with E-state index in [1.165, 1.54) is 0 Å². The largest absolute Gasteiger partial charge is 0.480 e. The lowest BCUT2D eigenvalue weighted by atomic mass is 10.2. The summed E-state index contributed by atoms with van der Waals surface area (Å²) in [6.45, 7) is -1.11. The highest BCUT2D eigenvalue weighted by molar-refractivity contribution is 8.14. The second-order valence-electron chi connectivity index (χ2n) is 3.35. The number of hydrogen-bond acceptors (Lipinski definition) is 5. The minimum Gasteiger partial charge on any atom is -0.480 e. The molecule has 1 atom stereocenters. The van der Waals surface area contributed by atoms with Gasteiger partial charge in [-0.3, -0.25) is 19.2 Å². The lowest BCUT2D eigenvalue weighted by Gasteiger charge is -2.21. The first-order valence-electron chi connectivity index (χ1n) is 4.62. The van der Waals surface area contributed by atoms with Gasteiger partial charge in [0.1, 0.15) is 19.1 Å². The van der Waals surface area contributed by atoms with Crippen LogP contribution in [0.2, 0.25) is 0 Å². The van der Waals surface area contributed by atoms with E-state index in [0.717, 1.165) is 16.7 Å². The predicted molar refractivity (Wildman–Crippen MR) is 58.2 cm³/mol. The van der Waals surface area contributed by atoms with Crippen LogP contribution in [0.3, 0.4) is 0 Å². The average molecular weight is 261 g/mol. The number of rotatable bonds is 5. The van der Waals surface area contributed by atoms with Crippen LogP contribution in [0.5, 0.6) is 0 Å². The first-order chi connectivity index (χ1) is 7.90. The molecule has 0 aromatic heterocycles. The number of carbonyl (C=O) groups is 4. The van der Waals surface area contributed by atoms with Gasteiger partial charge in [0.2, 0.25) is 11.8 Å². The van der Waals surface area contributed by atoms with E-state index in [2.05, 4.69) is 5.32 Å². The second kappa shape index (κ2) is 5.53. The average Bonchev–Trinajstić information content (AvgIpc) is 2.61. The highest BCUT2D eigenvalue weighted by atomic mass is 32.2. The maximum absolute atomic E-state index is 11.8. The van der Waals surface area contributed by atoms with Gasteiger partial charge in [-0.25, -0.2) is 0 Å². The number of carboxylic acids is 1. The number of hydrogen-bond donors (Lipinski definition) is 3. The Morgan fingerprint density at radius 3 is 2.53 bits per heavy atom. The van der Waals surface area contributed by atoms with Crippen molar-refractivity contribution in [2.24, 2.45) is 5.73 Å². The van der Waals surface area contributed by atoms with Gasteiger partial charge >= 0.3 is 5.97 Å². The third kappa shape index (κ3) is 3.94. The minimum absolute atomic E-state index is 0.215. The molecule has 1 fully saturated rings. The molecule has 94 valence electrons. The number of primary amides is 1. The first kappa shape index (κ1) is 13.3. The summed E-state index contributed by atoms with van der Waals surface area (Å²) in [7, 11) is 0. The Hall–Kier alpha value is -1.77. The van der Waals surface area contributed by atoms with Crippen LogP contribution in [0.15, 0.2) is 0 Å². The molecule has 17 heavy (non-hydrogen) atoms. The van der Waals surface area contributed by atoms with Crippen molar-refractivity contribution in [3.05, 3.63) is 0 Å². The molecule has 0 aliphatic carbocycles. The monoisotopic (exact) mass is 261 g/mol. The van der Waals surface area contributed by atoms with Gasteiger partial charge in [0.15, 0.2) is 0 Å². The van der Waals surface area contributed by atoms with E-state index >= 15 is 0 Å². The maximum Gasteiger partial charge on any atom is 0.323 e. The fourth-order valence-electron chi connectivity index (χ4n) is 1.30. The summed E-state index contributed by atoms with van der Waals surface area (Å²) in [4.78, 5) is 44.7. The number of amides is 3. The Labute approximate surface area is 101 Å². The third-order valence-electron chi connectivity index (χ3n) is 1.96. The number of aliphatic carboxylic acids is 1. The van der Waals surface area contributed by atoms with Crippen molar-refractivity contribution in [3.63, 3.8) is 0 Å². The van der Waals surface area contributed by atoms with Gasteiger partial charge in [0, 0.05) is 5.75 Å². The molecular formula is C8H11N3O5S. The van der Waals surface area contributed by atoms with Gasteiger partial charge in [-0.1, -0.05) is 11.8 Å². The van der Waals surface area contributed by atoms with Crippen molar-refractivity contribution < 1.29 is 24.3 Å². The van der Waals surface area contributed by atoms with E-state index in [4.69, 9.17) is 10.8 Å². The van der Waals surface area contributed by atoms with E-state index in [1.54, 1.807) is 0 Å². The van der Waals surface area contributed by atoms with Gasteiger partial charge < -0.3 is 21.1 Å². The minimum atomic E-state index is -1.25. The van der Waals surface area contributed by atoms with Crippen molar-refractivity contribution in [1.82, 2.24) is 10.2 Å². The number of nitrogens with one attached hydrogen (secondary N) is 1. The fourth-order valence-corrected chi connectivity index (χ4v) is 2.07. The maximum atomic E-state index is 11.8. The van der Waals surface area contributed by atoms with Crippen LogP contribution in [0, 0.1) is 0 Å². The van der Waals surface area contributed by atoms with E-state index in [1.807, 2.05) is 0 Å². The lowest BCUT2D eigenvalue weighted by molar-refractivity contribution is -0.146. The van der Waals surface area contributed by atoms with Crippen LogP contribution in [0.25, 0.3) is 0 Å². The van der Waals surface area contributed by atoms with Crippen LogP contribution in [0.1, 0.15) is 0 Å². The molecule has 0 radical (unpaired) electrons. The first-order valence-corrected chi connectivity index (χ1v) is 5.61. The van der Waals surface area contributed by atoms with Crippen molar-refractivity contribution in [2.45, 2.75) is 6.04 Å². The van der Waals surface area contributed by atoms with E-state index < -0.39 is 36.9 Å². The Bertz CT molecular complexity index is 356. The number of nitrogens with two attached hydrogens (primary N) is 1. The van der Waals surface area contributed by atoms with Crippen LogP contribution < -0.4 is 11.1 Å². The molecular weight excluding hydrogens is 250 g/mol. The smallest absolute Gasteiger partial charge is 0.323 e. The Morgan fingerprint density at radius 1 is 1.47 bits per heavy atom. The predicted octanol–water partition coefficient (Wildman–Crippen LogP) is -1.79. The summed E-state index contributed by atoms with van der Waals surface area (Å²) in [6, 6.07) is -0.800. The van der Waals surface area contributed by atoms with Gasteiger partial charge in [-0.15, -0.1) is 0 Å². The summed E-state index contributed by atoms with van der Waals surface area (Å²) in [5.74, 6) is -2.47. The summed E-state index contributed by atoms with van der Waals surface area (Å²) in [5.41, 5.74) is 4.91. The summed E-state index contributed by atoms with van der Waals surface area (Å²) in [6.07, 6.45) is 0. The van der Waals surface area contributed by atoms with E-state index in [0.29, 0.717) is 0 Å². The zero-order valence-corrected chi connectivity index (χ0v) is 9.53. The highest BCUT2D eigenvalue weighted by Crippen LogP contribution is 2.14. The molecule has 3 amide bonds. The number of carboxylic acid groups (broad SMARTS) is 1. The fraction of sp³-hybridized carbons (Fsp3) is 0.500.